The number of hydrogen-bond donors (Lipinski definition) is 1. The van der Waals surface area contributed by atoms with Crippen molar-refractivity contribution < 1.29 is 0 Å². The Morgan fingerprint density at radius 2 is 2.06 bits per heavy atom. The van der Waals surface area contributed by atoms with Crippen molar-refractivity contribution >= 4 is 15.9 Å². The normalized spacial score (nSPS) is 10.0. The Morgan fingerprint density at radius 1 is 1.31 bits per heavy atom. The summed E-state index contributed by atoms with van der Waals surface area (Å²) in [5, 5.41) is 15.3. The molecule has 0 unspecified atom stereocenters. The molecule has 0 saturated heterocycles. The lowest BCUT2D eigenvalue weighted by Gasteiger charge is -1.97. The van der Waals surface area contributed by atoms with Crippen molar-refractivity contribution in [3.8, 4) is 6.07 Å². The van der Waals surface area contributed by atoms with E-state index in [0.717, 1.165) is 15.9 Å². The topological polar surface area (TPSA) is 65.4 Å². The molecule has 0 saturated carbocycles. The van der Waals surface area contributed by atoms with Crippen molar-refractivity contribution in [2.45, 2.75) is 12.8 Å². The van der Waals surface area contributed by atoms with Gasteiger partial charge in [-0.2, -0.15) is 10.4 Å². The Bertz CT molecular complexity index is 510. The molecule has 0 bridgehead atoms. The van der Waals surface area contributed by atoms with Crippen LogP contribution in [0.2, 0.25) is 0 Å². The van der Waals surface area contributed by atoms with Crippen LogP contribution in [0.4, 0.5) is 0 Å². The molecule has 0 aliphatic heterocycles. The number of nitriles is 1. The Kier molecular flexibility index (Phi) is 3.32. The van der Waals surface area contributed by atoms with Crippen molar-refractivity contribution in [1.29, 1.82) is 5.26 Å². The van der Waals surface area contributed by atoms with Gasteiger partial charge in [-0.3, -0.25) is 5.10 Å². The van der Waals surface area contributed by atoms with Gasteiger partial charge in [-0.05, 0) is 17.7 Å². The van der Waals surface area contributed by atoms with Crippen LogP contribution in [-0.4, -0.2) is 15.2 Å². The van der Waals surface area contributed by atoms with Crippen LogP contribution in [0.15, 0.2) is 28.7 Å². The van der Waals surface area contributed by atoms with Crippen LogP contribution < -0.4 is 0 Å². The molecule has 0 aliphatic rings. The van der Waals surface area contributed by atoms with Gasteiger partial charge in [0.05, 0.1) is 12.5 Å². The summed E-state index contributed by atoms with van der Waals surface area (Å²) in [4.78, 5) is 4.22. The van der Waals surface area contributed by atoms with Gasteiger partial charge in [-0.25, -0.2) is 4.98 Å². The number of halogens is 1. The van der Waals surface area contributed by atoms with Gasteiger partial charge in [0.25, 0.3) is 0 Å². The second-order valence-corrected chi connectivity index (χ2v) is 4.25. The average molecular weight is 277 g/mol. The second kappa shape index (κ2) is 4.90. The zero-order valence-electron chi connectivity index (χ0n) is 8.44. The Labute approximate surface area is 101 Å². The molecule has 0 spiro atoms. The maximum Gasteiger partial charge on any atom is 0.164 e. The minimum Gasteiger partial charge on any atom is -0.263 e. The number of H-pyrrole nitrogens is 1. The van der Waals surface area contributed by atoms with Gasteiger partial charge in [-0.1, -0.05) is 28.1 Å². The van der Waals surface area contributed by atoms with E-state index in [9.17, 15) is 0 Å². The fraction of sp³-hybridized carbons (Fsp3) is 0.182. The predicted octanol–water partition coefficient (Wildman–Crippen LogP) is 2.22. The molecule has 5 heteroatoms. The molecule has 0 amide bonds. The molecule has 0 atom stereocenters. The second-order valence-electron chi connectivity index (χ2n) is 3.34. The van der Waals surface area contributed by atoms with E-state index >= 15 is 0 Å². The summed E-state index contributed by atoms with van der Waals surface area (Å²) in [6.45, 7) is 0. The first-order valence-electron chi connectivity index (χ1n) is 4.79. The molecule has 0 radical (unpaired) electrons. The highest BCUT2D eigenvalue weighted by Crippen LogP contribution is 2.12. The first-order chi connectivity index (χ1) is 7.78. The van der Waals surface area contributed by atoms with E-state index in [2.05, 4.69) is 31.1 Å². The third kappa shape index (κ3) is 2.67. The highest BCUT2D eigenvalue weighted by Gasteiger charge is 2.03. The van der Waals surface area contributed by atoms with Crippen LogP contribution in [0.25, 0.3) is 0 Å². The fourth-order valence-electron chi connectivity index (χ4n) is 1.36. The third-order valence-electron chi connectivity index (χ3n) is 2.10. The van der Waals surface area contributed by atoms with Crippen LogP contribution in [0.3, 0.4) is 0 Å². The Balaban J connectivity index is 2.09. The van der Waals surface area contributed by atoms with Gasteiger partial charge in [0.15, 0.2) is 5.82 Å². The summed E-state index contributed by atoms with van der Waals surface area (Å²) in [5.41, 5.74) is 1.16. The van der Waals surface area contributed by atoms with Crippen molar-refractivity contribution in [3.63, 3.8) is 0 Å². The number of aromatic nitrogens is 3. The van der Waals surface area contributed by atoms with Gasteiger partial charge in [-0.15, -0.1) is 0 Å². The number of nitrogens with zero attached hydrogens (tertiary/aromatic N) is 3. The Morgan fingerprint density at radius 3 is 2.75 bits per heavy atom. The number of benzene rings is 1. The van der Waals surface area contributed by atoms with E-state index in [1.54, 1.807) is 0 Å². The summed E-state index contributed by atoms with van der Waals surface area (Å²) < 4.78 is 1.05. The van der Waals surface area contributed by atoms with Gasteiger partial charge in [0.1, 0.15) is 5.82 Å². The minimum absolute atomic E-state index is 0.247. The lowest BCUT2D eigenvalue weighted by molar-refractivity contribution is 0.964. The van der Waals surface area contributed by atoms with Gasteiger partial charge in [0.2, 0.25) is 0 Å². The highest BCUT2D eigenvalue weighted by molar-refractivity contribution is 9.10. The molecule has 2 rings (SSSR count). The molecule has 2 aromatic rings. The summed E-state index contributed by atoms with van der Waals surface area (Å²) in [6.07, 6.45) is 0.947. The van der Waals surface area contributed by atoms with Gasteiger partial charge in [0, 0.05) is 10.9 Å². The standard InChI is InChI=1S/C11H9BrN4/c12-9-3-1-8(2-4-9)7-11-14-10(5-6-13)15-16-11/h1-4H,5,7H2,(H,14,15,16). The molecule has 80 valence electrons. The van der Waals surface area contributed by atoms with Crippen LogP contribution in [-0.2, 0) is 12.8 Å². The van der Waals surface area contributed by atoms with E-state index < -0.39 is 0 Å². The SMILES string of the molecule is N#CCc1n[nH]c(Cc2ccc(Br)cc2)n1. The van der Waals surface area contributed by atoms with Crippen molar-refractivity contribution in [3.05, 3.63) is 46.0 Å². The van der Waals surface area contributed by atoms with Gasteiger partial charge >= 0.3 is 0 Å². The van der Waals surface area contributed by atoms with E-state index in [-0.39, 0.29) is 6.42 Å². The first-order valence-corrected chi connectivity index (χ1v) is 5.59. The lowest BCUT2D eigenvalue weighted by atomic mass is 10.1. The molecule has 4 nitrogen and oxygen atoms in total. The van der Waals surface area contributed by atoms with Crippen molar-refractivity contribution in [2.24, 2.45) is 0 Å². The molecule has 16 heavy (non-hydrogen) atoms. The number of nitrogens with one attached hydrogen (secondary N) is 1. The van der Waals surface area contributed by atoms with Crippen molar-refractivity contribution in [1.82, 2.24) is 15.2 Å². The molecule has 1 aromatic carbocycles. The third-order valence-corrected chi connectivity index (χ3v) is 2.63. The molecule has 0 aliphatic carbocycles. The van der Waals surface area contributed by atoms with E-state index in [0.29, 0.717) is 12.2 Å². The first kappa shape index (κ1) is 10.8. The lowest BCUT2D eigenvalue weighted by Crippen LogP contribution is -1.91. The average Bonchev–Trinajstić information content (AvgIpc) is 2.70. The summed E-state index contributed by atoms with van der Waals surface area (Å²) in [7, 11) is 0. The maximum absolute atomic E-state index is 8.50. The molecule has 1 N–H and O–H groups in total. The maximum atomic E-state index is 8.50. The molecule has 1 heterocycles. The Hall–Kier alpha value is -1.67. The van der Waals surface area contributed by atoms with E-state index in [4.69, 9.17) is 5.26 Å². The molecule has 1 aromatic heterocycles. The van der Waals surface area contributed by atoms with Crippen molar-refractivity contribution in [2.75, 3.05) is 0 Å². The minimum atomic E-state index is 0.247. The largest absolute Gasteiger partial charge is 0.263 e. The summed E-state index contributed by atoms with van der Waals surface area (Å²) in [6, 6.07) is 10.0. The molecule has 0 fully saturated rings. The predicted molar refractivity (Wildman–Crippen MR) is 62.6 cm³/mol. The zero-order valence-corrected chi connectivity index (χ0v) is 10.0. The quantitative estimate of drug-likeness (QED) is 0.935. The number of rotatable bonds is 3. The molecular weight excluding hydrogens is 268 g/mol. The monoisotopic (exact) mass is 276 g/mol. The number of aromatic amines is 1. The fourth-order valence-corrected chi connectivity index (χ4v) is 1.62. The van der Waals surface area contributed by atoms with Crippen LogP contribution in [0, 0.1) is 11.3 Å². The van der Waals surface area contributed by atoms with Crippen LogP contribution >= 0.6 is 15.9 Å². The van der Waals surface area contributed by atoms with Crippen LogP contribution in [0.5, 0.6) is 0 Å². The van der Waals surface area contributed by atoms with Crippen LogP contribution in [0.1, 0.15) is 17.2 Å². The van der Waals surface area contributed by atoms with E-state index in [1.165, 1.54) is 0 Å². The highest BCUT2D eigenvalue weighted by atomic mass is 79.9. The summed E-state index contributed by atoms with van der Waals surface area (Å²) in [5.74, 6) is 1.34. The zero-order chi connectivity index (χ0) is 11.4. The molecular formula is C11H9BrN4. The summed E-state index contributed by atoms with van der Waals surface area (Å²) >= 11 is 3.38. The van der Waals surface area contributed by atoms with E-state index in [1.807, 2.05) is 30.3 Å². The number of hydrogen-bond acceptors (Lipinski definition) is 3. The smallest absolute Gasteiger partial charge is 0.164 e. The van der Waals surface area contributed by atoms with Gasteiger partial charge < -0.3 is 0 Å².